The Balaban J connectivity index is 1.32. The molecule has 0 fully saturated rings. The lowest BCUT2D eigenvalue weighted by atomic mass is 10.2. The molecule has 0 saturated carbocycles. The van der Waals surface area contributed by atoms with E-state index < -0.39 is 0 Å². The molecule has 5 rings (SSSR count). The molecule has 0 unspecified atom stereocenters. The number of amides is 1. The second-order valence-electron chi connectivity index (χ2n) is 6.91. The number of benzene rings is 3. The Hall–Kier alpha value is -3.03. The lowest BCUT2D eigenvalue weighted by Crippen LogP contribution is -2.13. The number of para-hydroxylation sites is 1. The minimum atomic E-state index is -0.162. The van der Waals surface area contributed by atoms with Gasteiger partial charge in [-0.25, -0.2) is 4.98 Å². The van der Waals surface area contributed by atoms with Crippen molar-refractivity contribution in [1.82, 2.24) is 4.98 Å². The van der Waals surface area contributed by atoms with Crippen LogP contribution in [-0.2, 0) is 6.42 Å². The fourth-order valence-corrected chi connectivity index (χ4v) is 5.40. The Morgan fingerprint density at radius 3 is 2.93 bits per heavy atom. The molecule has 2 heterocycles. The predicted molar refractivity (Wildman–Crippen MR) is 124 cm³/mol. The van der Waals surface area contributed by atoms with Gasteiger partial charge in [-0.3, -0.25) is 10.1 Å². The number of hydrogen-bond donors (Lipinski definition) is 1. The molecule has 3 aromatic carbocycles. The molecule has 7 heteroatoms. The Morgan fingerprint density at radius 2 is 2.03 bits per heavy atom. The van der Waals surface area contributed by atoms with Gasteiger partial charge in [0.05, 0.1) is 23.0 Å². The average molecular weight is 434 g/mol. The molecule has 0 aliphatic carbocycles. The Bertz CT molecular complexity index is 1240. The van der Waals surface area contributed by atoms with E-state index in [9.17, 15) is 4.79 Å². The summed E-state index contributed by atoms with van der Waals surface area (Å²) in [4.78, 5) is 18.3. The van der Waals surface area contributed by atoms with Crippen molar-refractivity contribution in [1.29, 1.82) is 0 Å². The number of carbonyl (C=O) groups is 1. The van der Waals surface area contributed by atoms with Gasteiger partial charge in [0, 0.05) is 17.0 Å². The van der Waals surface area contributed by atoms with Crippen molar-refractivity contribution in [3.8, 4) is 5.75 Å². The summed E-state index contributed by atoms with van der Waals surface area (Å²) < 4.78 is 8.52. The molecule has 30 heavy (non-hydrogen) atoms. The number of ether oxygens (including phenoxy) is 1. The van der Waals surface area contributed by atoms with Crippen molar-refractivity contribution in [3.05, 3.63) is 77.9 Å². The van der Waals surface area contributed by atoms with Crippen molar-refractivity contribution in [2.75, 3.05) is 23.3 Å². The number of nitrogens with zero attached hydrogens (tertiary/aromatic N) is 2. The summed E-state index contributed by atoms with van der Waals surface area (Å²) in [6, 6.07) is 21.9. The fraction of sp³-hybridized carbons (Fsp3) is 0.130. The summed E-state index contributed by atoms with van der Waals surface area (Å²) in [6.07, 6.45) is 1.05. The van der Waals surface area contributed by atoms with Crippen LogP contribution in [0.2, 0.25) is 0 Å². The molecule has 1 amide bonds. The van der Waals surface area contributed by atoms with E-state index in [1.165, 1.54) is 22.6 Å². The monoisotopic (exact) mass is 433 g/mol. The highest BCUT2D eigenvalue weighted by Crippen LogP contribution is 2.36. The lowest BCUT2D eigenvalue weighted by Gasteiger charge is -2.18. The molecular weight excluding hydrogens is 414 g/mol. The molecule has 1 aliphatic heterocycles. The number of nitrogens with one attached hydrogen (secondary N) is 1. The average Bonchev–Trinajstić information content (AvgIpc) is 3.37. The predicted octanol–water partition coefficient (Wildman–Crippen LogP) is 5.63. The fourth-order valence-electron chi connectivity index (χ4n) is 3.48. The van der Waals surface area contributed by atoms with E-state index in [-0.39, 0.29) is 5.91 Å². The normalized spacial score (nSPS) is 12.8. The van der Waals surface area contributed by atoms with Crippen LogP contribution >= 0.6 is 23.3 Å². The number of hydrogen-bond acceptors (Lipinski definition) is 6. The SMILES string of the molecule is COc1ccc2nc(NC(=O)c3cccc(SN4CCc5ccccc54)c3)sc2c1. The maximum absolute atomic E-state index is 12.8. The minimum Gasteiger partial charge on any atom is -0.497 e. The molecule has 1 aliphatic rings. The summed E-state index contributed by atoms with van der Waals surface area (Å²) in [5, 5.41) is 3.50. The maximum Gasteiger partial charge on any atom is 0.257 e. The topological polar surface area (TPSA) is 54.5 Å². The van der Waals surface area contributed by atoms with Crippen molar-refractivity contribution in [3.63, 3.8) is 0 Å². The summed E-state index contributed by atoms with van der Waals surface area (Å²) in [6.45, 7) is 0.968. The van der Waals surface area contributed by atoms with Crippen LogP contribution in [0.25, 0.3) is 10.2 Å². The number of fused-ring (bicyclic) bond motifs is 2. The Morgan fingerprint density at radius 1 is 1.13 bits per heavy atom. The van der Waals surface area contributed by atoms with Gasteiger partial charge in [-0.15, -0.1) is 0 Å². The van der Waals surface area contributed by atoms with Crippen LogP contribution in [0.1, 0.15) is 15.9 Å². The van der Waals surface area contributed by atoms with Gasteiger partial charge < -0.3 is 9.04 Å². The highest BCUT2D eigenvalue weighted by Gasteiger charge is 2.20. The molecule has 5 nitrogen and oxygen atoms in total. The van der Waals surface area contributed by atoms with Crippen LogP contribution < -0.4 is 14.4 Å². The zero-order chi connectivity index (χ0) is 20.5. The van der Waals surface area contributed by atoms with Crippen molar-refractivity contribution in [2.24, 2.45) is 0 Å². The zero-order valence-electron chi connectivity index (χ0n) is 16.3. The quantitative estimate of drug-likeness (QED) is 0.414. The van der Waals surface area contributed by atoms with Gasteiger partial charge in [-0.05, 0) is 66.4 Å². The standard InChI is InChI=1S/C23H19N3O2S2/c1-28-17-9-10-19-21(14-17)29-23(24-19)25-22(27)16-6-4-7-18(13-16)30-26-12-11-15-5-2-3-8-20(15)26/h2-10,13-14H,11-12H2,1H3,(H,24,25,27). The first-order chi connectivity index (χ1) is 14.7. The van der Waals surface area contributed by atoms with E-state index in [0.29, 0.717) is 10.7 Å². The van der Waals surface area contributed by atoms with Crippen LogP contribution in [0.5, 0.6) is 5.75 Å². The van der Waals surface area contributed by atoms with E-state index in [4.69, 9.17) is 4.74 Å². The van der Waals surface area contributed by atoms with Crippen molar-refractivity contribution in [2.45, 2.75) is 11.3 Å². The van der Waals surface area contributed by atoms with E-state index >= 15 is 0 Å². The van der Waals surface area contributed by atoms with Crippen molar-refractivity contribution >= 4 is 50.2 Å². The van der Waals surface area contributed by atoms with Crippen LogP contribution in [0.4, 0.5) is 10.8 Å². The molecular formula is C23H19N3O2S2. The number of rotatable bonds is 5. The number of carbonyl (C=O) groups excluding carboxylic acids is 1. The number of thiazole rings is 1. The molecule has 150 valence electrons. The summed E-state index contributed by atoms with van der Waals surface area (Å²) >= 11 is 3.10. The van der Waals surface area contributed by atoms with Crippen LogP contribution in [-0.4, -0.2) is 24.5 Å². The first-order valence-electron chi connectivity index (χ1n) is 9.59. The molecule has 1 N–H and O–H groups in total. The smallest absolute Gasteiger partial charge is 0.257 e. The first-order valence-corrected chi connectivity index (χ1v) is 11.2. The van der Waals surface area contributed by atoms with Crippen LogP contribution in [0.3, 0.4) is 0 Å². The van der Waals surface area contributed by atoms with Gasteiger partial charge in [0.15, 0.2) is 5.13 Å². The van der Waals surface area contributed by atoms with Gasteiger partial charge in [-0.1, -0.05) is 35.6 Å². The summed E-state index contributed by atoms with van der Waals surface area (Å²) in [5.41, 5.74) is 4.08. The van der Waals surface area contributed by atoms with E-state index in [2.05, 4.69) is 38.9 Å². The molecule has 0 atom stereocenters. The largest absolute Gasteiger partial charge is 0.497 e. The molecule has 0 bridgehead atoms. The molecule has 1 aromatic heterocycles. The first kappa shape index (κ1) is 19.0. The van der Waals surface area contributed by atoms with E-state index in [1.807, 2.05) is 42.5 Å². The minimum absolute atomic E-state index is 0.162. The van der Waals surface area contributed by atoms with Crippen LogP contribution in [0.15, 0.2) is 71.6 Å². The Kier molecular flexibility index (Phi) is 5.06. The third-order valence-corrected chi connectivity index (χ3v) is 6.97. The number of methoxy groups -OCH3 is 1. The highest BCUT2D eigenvalue weighted by molar-refractivity contribution is 8.00. The maximum atomic E-state index is 12.8. The summed E-state index contributed by atoms with van der Waals surface area (Å²) in [5.74, 6) is 0.613. The van der Waals surface area contributed by atoms with Crippen molar-refractivity contribution < 1.29 is 9.53 Å². The van der Waals surface area contributed by atoms with E-state index in [1.54, 1.807) is 19.1 Å². The second kappa shape index (κ2) is 8.01. The molecule has 0 spiro atoms. The third-order valence-electron chi connectivity index (χ3n) is 4.97. The van der Waals surface area contributed by atoms with Gasteiger partial charge >= 0.3 is 0 Å². The summed E-state index contributed by atoms with van der Waals surface area (Å²) in [7, 11) is 1.64. The zero-order valence-corrected chi connectivity index (χ0v) is 17.9. The molecule has 0 saturated heterocycles. The van der Waals surface area contributed by atoms with Gasteiger partial charge in [-0.2, -0.15) is 0 Å². The lowest BCUT2D eigenvalue weighted by molar-refractivity contribution is 0.102. The molecule has 4 aromatic rings. The number of aromatic nitrogens is 1. The third kappa shape index (κ3) is 3.74. The highest BCUT2D eigenvalue weighted by atomic mass is 32.2. The van der Waals surface area contributed by atoms with E-state index in [0.717, 1.165) is 33.8 Å². The Labute approximate surface area is 182 Å². The second-order valence-corrected chi connectivity index (χ2v) is 9.03. The van der Waals surface area contributed by atoms with Crippen LogP contribution in [0, 0.1) is 0 Å². The van der Waals surface area contributed by atoms with Gasteiger partial charge in [0.2, 0.25) is 0 Å². The van der Waals surface area contributed by atoms with Gasteiger partial charge in [0.1, 0.15) is 5.75 Å². The molecule has 0 radical (unpaired) electrons. The number of anilines is 2. The van der Waals surface area contributed by atoms with Gasteiger partial charge in [0.25, 0.3) is 5.91 Å².